The second kappa shape index (κ2) is 8.46. The largest absolute Gasteiger partial charge is 0.456 e. The molecule has 0 rings (SSSR count). The highest BCUT2D eigenvalue weighted by atomic mass is 16.5. The number of esters is 1. The molecule has 0 saturated heterocycles. The maximum Gasteiger partial charge on any atom is 0.325 e. The van der Waals surface area contributed by atoms with Crippen LogP contribution in [0.1, 0.15) is 27.7 Å². The van der Waals surface area contributed by atoms with Gasteiger partial charge in [0.2, 0.25) is 5.78 Å². The molecule has 134 valence electrons. The summed E-state index contributed by atoms with van der Waals surface area (Å²) in [5, 5.41) is 18.3. The van der Waals surface area contributed by atoms with Crippen molar-refractivity contribution in [2.75, 3.05) is 19.8 Å². The lowest BCUT2D eigenvalue weighted by molar-refractivity contribution is -0.158. The molecular weight excluding hydrogens is 308 g/mol. The monoisotopic (exact) mass is 334 g/mol. The molecule has 0 radical (unpaired) electrons. The number of hydrogen-bond acceptors (Lipinski definition) is 9. The number of Topliss-reactive ketones (excluding diaryl/α,β-unsaturated/α-hetero) is 2. The van der Waals surface area contributed by atoms with Crippen molar-refractivity contribution in [1.82, 2.24) is 0 Å². The zero-order valence-electron chi connectivity index (χ0n) is 13.9. The first-order chi connectivity index (χ1) is 10.3. The Hall–Kier alpha value is -1.39. The summed E-state index contributed by atoms with van der Waals surface area (Å²) in [5.41, 5.74) is 7.89. The van der Waals surface area contributed by atoms with Gasteiger partial charge < -0.3 is 31.2 Å². The molecule has 0 aliphatic heterocycles. The lowest BCUT2D eigenvalue weighted by atomic mass is 9.98. The molecule has 0 fully saturated rings. The summed E-state index contributed by atoms with van der Waals surface area (Å²) in [6, 6.07) is -2.32. The maximum atomic E-state index is 12.0. The van der Waals surface area contributed by atoms with E-state index in [-0.39, 0.29) is 6.61 Å². The summed E-state index contributed by atoms with van der Waals surface area (Å²) < 4.78 is 9.97. The molecule has 0 aromatic heterocycles. The Kier molecular flexibility index (Phi) is 7.95. The summed E-state index contributed by atoms with van der Waals surface area (Å²) in [7, 11) is 0. The van der Waals surface area contributed by atoms with E-state index >= 15 is 0 Å². The normalized spacial score (nSPS) is 15.0. The number of hydrogen-bond donors (Lipinski definition) is 4. The lowest BCUT2D eigenvalue weighted by Gasteiger charge is -2.27. The predicted molar refractivity (Wildman–Crippen MR) is 80.3 cm³/mol. The molecule has 0 aliphatic carbocycles. The van der Waals surface area contributed by atoms with E-state index in [1.165, 1.54) is 27.7 Å². The first kappa shape index (κ1) is 21.6. The highest BCUT2D eigenvalue weighted by Gasteiger charge is 2.34. The number of nitrogens with two attached hydrogens (primary N) is 2. The van der Waals surface area contributed by atoms with Gasteiger partial charge in [-0.3, -0.25) is 14.4 Å². The smallest absolute Gasteiger partial charge is 0.325 e. The molecule has 0 saturated carbocycles. The summed E-state index contributed by atoms with van der Waals surface area (Å²) >= 11 is 0. The molecule has 0 amide bonds. The molecule has 9 nitrogen and oxygen atoms in total. The third kappa shape index (κ3) is 7.14. The van der Waals surface area contributed by atoms with Gasteiger partial charge in [-0.25, -0.2) is 0 Å². The molecule has 9 heteroatoms. The first-order valence-corrected chi connectivity index (χ1v) is 7.05. The van der Waals surface area contributed by atoms with E-state index in [0.717, 1.165) is 0 Å². The molecule has 0 heterocycles. The van der Waals surface area contributed by atoms with E-state index in [2.05, 4.69) is 4.74 Å². The molecule has 0 aromatic rings. The van der Waals surface area contributed by atoms with Gasteiger partial charge in [-0.15, -0.1) is 0 Å². The minimum absolute atomic E-state index is 0.286. The fraction of sp³-hybridized carbons (Fsp3) is 0.786. The van der Waals surface area contributed by atoms with Gasteiger partial charge in [0.15, 0.2) is 12.4 Å². The minimum Gasteiger partial charge on any atom is -0.456 e. The first-order valence-electron chi connectivity index (χ1n) is 7.05. The number of ketones is 2. The Morgan fingerprint density at radius 3 is 2.04 bits per heavy atom. The van der Waals surface area contributed by atoms with Crippen molar-refractivity contribution in [2.24, 2.45) is 11.5 Å². The second-order valence-corrected chi connectivity index (χ2v) is 6.17. The Morgan fingerprint density at radius 2 is 1.61 bits per heavy atom. The van der Waals surface area contributed by atoms with Crippen LogP contribution in [0.3, 0.4) is 0 Å². The number of ether oxygens (including phenoxy) is 2. The summed E-state index contributed by atoms with van der Waals surface area (Å²) in [6.07, 6.45) is 0. The number of rotatable bonds is 10. The van der Waals surface area contributed by atoms with E-state index in [4.69, 9.17) is 21.3 Å². The molecule has 0 bridgehead atoms. The van der Waals surface area contributed by atoms with Gasteiger partial charge >= 0.3 is 5.97 Å². The topological polar surface area (TPSA) is 162 Å². The third-order valence-corrected chi connectivity index (χ3v) is 3.08. The van der Waals surface area contributed by atoms with Gasteiger partial charge in [-0.1, -0.05) is 0 Å². The predicted octanol–water partition coefficient (Wildman–Crippen LogP) is -2.12. The van der Waals surface area contributed by atoms with Crippen LogP contribution in [-0.4, -0.2) is 70.9 Å². The summed E-state index contributed by atoms with van der Waals surface area (Å²) in [4.78, 5) is 35.0. The molecular formula is C14H26N2O7. The van der Waals surface area contributed by atoms with Crippen molar-refractivity contribution < 1.29 is 34.1 Å². The Labute approximate surface area is 134 Å². The highest BCUT2D eigenvalue weighted by molar-refractivity contribution is 5.91. The van der Waals surface area contributed by atoms with Gasteiger partial charge in [0.05, 0.1) is 19.3 Å². The van der Waals surface area contributed by atoms with Crippen LogP contribution in [0.15, 0.2) is 0 Å². The summed E-state index contributed by atoms with van der Waals surface area (Å²) in [6.45, 7) is 3.98. The Bertz CT molecular complexity index is 443. The number of carbonyl (C=O) groups is 3. The summed E-state index contributed by atoms with van der Waals surface area (Å²) in [5.74, 6) is -2.11. The van der Waals surface area contributed by atoms with E-state index < -0.39 is 54.0 Å². The highest BCUT2D eigenvalue weighted by Crippen LogP contribution is 2.13. The minimum atomic E-state index is -1.60. The van der Waals surface area contributed by atoms with Crippen molar-refractivity contribution >= 4 is 17.5 Å². The van der Waals surface area contributed by atoms with E-state index in [0.29, 0.717) is 0 Å². The molecule has 2 atom stereocenters. The molecule has 23 heavy (non-hydrogen) atoms. The average Bonchev–Trinajstić information content (AvgIpc) is 2.47. The van der Waals surface area contributed by atoms with Crippen LogP contribution in [0.5, 0.6) is 0 Å². The van der Waals surface area contributed by atoms with E-state index in [1.54, 1.807) is 0 Å². The Morgan fingerprint density at radius 1 is 1.09 bits per heavy atom. The quantitative estimate of drug-likeness (QED) is 0.327. The van der Waals surface area contributed by atoms with Crippen LogP contribution >= 0.6 is 0 Å². The van der Waals surface area contributed by atoms with Crippen LogP contribution in [0.2, 0.25) is 0 Å². The molecule has 2 unspecified atom stereocenters. The zero-order chi connectivity index (χ0) is 18.4. The van der Waals surface area contributed by atoms with Crippen LogP contribution < -0.4 is 11.5 Å². The molecule has 0 aliphatic rings. The Balaban J connectivity index is 4.49. The zero-order valence-corrected chi connectivity index (χ0v) is 13.9. The van der Waals surface area contributed by atoms with Crippen LogP contribution in [0.4, 0.5) is 0 Å². The van der Waals surface area contributed by atoms with Crippen LogP contribution in [-0.2, 0) is 23.9 Å². The lowest BCUT2D eigenvalue weighted by Crippen LogP contribution is -2.49. The fourth-order valence-corrected chi connectivity index (χ4v) is 1.40. The maximum absolute atomic E-state index is 12.0. The third-order valence-electron chi connectivity index (χ3n) is 3.08. The van der Waals surface area contributed by atoms with Crippen molar-refractivity contribution in [2.45, 2.75) is 51.0 Å². The number of carbonyl (C=O) groups excluding carboxylic acids is 3. The van der Waals surface area contributed by atoms with Gasteiger partial charge in [0.25, 0.3) is 0 Å². The number of aliphatic hydroxyl groups excluding tert-OH is 1. The van der Waals surface area contributed by atoms with Crippen molar-refractivity contribution in [3.8, 4) is 0 Å². The second-order valence-electron chi connectivity index (χ2n) is 6.17. The standard InChI is InChI=1S/C14H26N2O7/c1-13(2,21)11(19)9(16)6-23-14(3,4)10(18)7-22-12(20)8(15)5-17/h8-9,17,21H,5-7,15-16H2,1-4H3. The molecule has 6 N–H and O–H groups in total. The average molecular weight is 334 g/mol. The van der Waals surface area contributed by atoms with E-state index in [9.17, 15) is 19.5 Å². The van der Waals surface area contributed by atoms with Gasteiger partial charge in [0, 0.05) is 0 Å². The van der Waals surface area contributed by atoms with Gasteiger partial charge in [-0.2, -0.15) is 0 Å². The van der Waals surface area contributed by atoms with Crippen molar-refractivity contribution in [1.29, 1.82) is 0 Å². The molecule has 0 spiro atoms. The van der Waals surface area contributed by atoms with Crippen LogP contribution in [0.25, 0.3) is 0 Å². The molecule has 0 aromatic carbocycles. The van der Waals surface area contributed by atoms with Crippen molar-refractivity contribution in [3.05, 3.63) is 0 Å². The van der Waals surface area contributed by atoms with Gasteiger partial charge in [-0.05, 0) is 27.7 Å². The van der Waals surface area contributed by atoms with Gasteiger partial charge in [0.1, 0.15) is 17.2 Å². The van der Waals surface area contributed by atoms with Crippen molar-refractivity contribution in [3.63, 3.8) is 0 Å². The fourth-order valence-electron chi connectivity index (χ4n) is 1.40. The number of aliphatic hydroxyl groups is 2. The van der Waals surface area contributed by atoms with E-state index in [1.807, 2.05) is 0 Å². The SMILES string of the molecule is CC(C)(O)C(=O)C(N)COC(C)(C)C(=O)COC(=O)C(N)CO. The van der Waals surface area contributed by atoms with Crippen LogP contribution in [0, 0.1) is 0 Å².